The van der Waals surface area contributed by atoms with Crippen molar-refractivity contribution in [1.82, 2.24) is 0 Å². The SMILES string of the molecule is COc1c(O)ccc2c1C(=O)c1c(O)cc(O)cc1[C@@H]2[C@H]1O[C@H](CO)[C@@H](O)[C@H](O)[C@H]1O. The number of hydrogen-bond donors (Lipinski definition) is 7. The molecule has 0 saturated carbocycles. The van der Waals surface area contributed by atoms with Gasteiger partial charge in [0.15, 0.2) is 11.5 Å². The molecule has 4 rings (SSSR count). The highest BCUT2D eigenvalue weighted by Gasteiger charge is 2.50. The van der Waals surface area contributed by atoms with Gasteiger partial charge >= 0.3 is 0 Å². The lowest BCUT2D eigenvalue weighted by atomic mass is 9.71. The molecule has 0 spiro atoms. The minimum atomic E-state index is -1.68. The topological polar surface area (TPSA) is 177 Å². The first-order valence-corrected chi connectivity index (χ1v) is 9.52. The number of rotatable bonds is 3. The van der Waals surface area contributed by atoms with E-state index in [2.05, 4.69) is 0 Å². The first kappa shape index (κ1) is 21.3. The molecule has 0 bridgehead atoms. The van der Waals surface area contributed by atoms with Crippen molar-refractivity contribution >= 4 is 5.78 Å². The quantitative estimate of drug-likeness (QED) is 0.328. The number of carbonyl (C=O) groups excluding carboxylic acids is 1. The Bertz CT molecular complexity index is 1030. The zero-order chi connectivity index (χ0) is 22.6. The molecule has 1 aliphatic heterocycles. The number of methoxy groups -OCH3 is 1. The monoisotopic (exact) mass is 434 g/mol. The minimum absolute atomic E-state index is 0.0852. The number of hydrogen-bond acceptors (Lipinski definition) is 10. The first-order valence-electron chi connectivity index (χ1n) is 9.52. The normalized spacial score (nSPS) is 29.9. The molecule has 2 aliphatic rings. The van der Waals surface area contributed by atoms with E-state index in [9.17, 15) is 40.5 Å². The molecular weight excluding hydrogens is 412 g/mol. The lowest BCUT2D eigenvalue weighted by Crippen LogP contribution is -2.60. The van der Waals surface area contributed by atoms with E-state index >= 15 is 0 Å². The second-order valence-corrected chi connectivity index (χ2v) is 7.61. The molecule has 10 heteroatoms. The largest absolute Gasteiger partial charge is 0.508 e. The fourth-order valence-corrected chi connectivity index (χ4v) is 4.47. The fourth-order valence-electron chi connectivity index (χ4n) is 4.47. The summed E-state index contributed by atoms with van der Waals surface area (Å²) in [7, 11) is 1.25. The number of ether oxygens (including phenoxy) is 2. The molecule has 7 N–H and O–H groups in total. The molecule has 31 heavy (non-hydrogen) atoms. The van der Waals surface area contributed by atoms with E-state index in [1.807, 2.05) is 0 Å². The summed E-state index contributed by atoms with van der Waals surface area (Å²) in [5.41, 5.74) is 0.0580. The van der Waals surface area contributed by atoms with Crippen molar-refractivity contribution in [2.24, 2.45) is 0 Å². The number of carbonyl (C=O) groups is 1. The molecule has 1 heterocycles. The molecular formula is C21H22O10. The molecule has 0 amide bonds. The Morgan fingerprint density at radius 1 is 0.935 bits per heavy atom. The maximum atomic E-state index is 13.3. The van der Waals surface area contributed by atoms with Gasteiger partial charge in [-0.25, -0.2) is 0 Å². The number of ketones is 1. The number of fused-ring (bicyclic) bond motifs is 2. The van der Waals surface area contributed by atoms with Crippen LogP contribution >= 0.6 is 0 Å². The summed E-state index contributed by atoms with van der Waals surface area (Å²) in [4.78, 5) is 13.3. The Hall–Kier alpha value is -2.89. The summed E-state index contributed by atoms with van der Waals surface area (Å²) in [5.74, 6) is -3.10. The number of phenolic OH excluding ortho intramolecular Hbond substituents is 3. The molecule has 0 aromatic heterocycles. The van der Waals surface area contributed by atoms with Gasteiger partial charge in [-0.15, -0.1) is 0 Å². The summed E-state index contributed by atoms with van der Waals surface area (Å²) in [6, 6.07) is 4.87. The van der Waals surface area contributed by atoms with Crippen molar-refractivity contribution in [3.05, 3.63) is 46.5 Å². The van der Waals surface area contributed by atoms with E-state index in [4.69, 9.17) is 9.47 Å². The summed E-state index contributed by atoms with van der Waals surface area (Å²) in [6.07, 6.45) is -7.42. The first-order chi connectivity index (χ1) is 14.7. The Balaban J connectivity index is 1.99. The van der Waals surface area contributed by atoms with Crippen LogP contribution < -0.4 is 4.74 Å². The van der Waals surface area contributed by atoms with E-state index in [0.717, 1.165) is 6.07 Å². The Labute approximate surface area is 176 Å². The van der Waals surface area contributed by atoms with Gasteiger partial charge in [0.05, 0.1) is 30.9 Å². The number of benzene rings is 2. The number of aliphatic hydroxyl groups excluding tert-OH is 4. The molecule has 10 nitrogen and oxygen atoms in total. The number of aromatic hydroxyl groups is 3. The third kappa shape index (κ3) is 3.11. The summed E-state index contributed by atoms with van der Waals surface area (Å²) in [6.45, 7) is -0.656. The van der Waals surface area contributed by atoms with Gasteiger partial charge in [-0.05, 0) is 23.3 Å². The van der Waals surface area contributed by atoms with Crippen LogP contribution in [0.4, 0.5) is 0 Å². The Kier molecular flexibility index (Phi) is 5.28. The molecule has 1 fully saturated rings. The Morgan fingerprint density at radius 3 is 2.29 bits per heavy atom. The average molecular weight is 434 g/mol. The van der Waals surface area contributed by atoms with Crippen molar-refractivity contribution in [2.75, 3.05) is 13.7 Å². The molecule has 1 aliphatic carbocycles. The maximum absolute atomic E-state index is 13.3. The van der Waals surface area contributed by atoms with Crippen LogP contribution in [0, 0.1) is 0 Å². The maximum Gasteiger partial charge on any atom is 0.201 e. The zero-order valence-electron chi connectivity index (χ0n) is 16.3. The smallest absolute Gasteiger partial charge is 0.201 e. The van der Waals surface area contributed by atoms with Gasteiger partial charge in [0.25, 0.3) is 0 Å². The fraction of sp³-hybridized carbons (Fsp3) is 0.381. The number of phenols is 3. The van der Waals surface area contributed by atoms with Crippen molar-refractivity contribution in [3.8, 4) is 23.0 Å². The third-order valence-electron chi connectivity index (χ3n) is 5.89. The van der Waals surface area contributed by atoms with E-state index in [1.165, 1.54) is 25.3 Å². The van der Waals surface area contributed by atoms with Gasteiger partial charge in [-0.1, -0.05) is 6.07 Å². The number of aliphatic hydroxyl groups is 4. The molecule has 6 atom stereocenters. The van der Waals surface area contributed by atoms with Crippen LogP contribution in [0.2, 0.25) is 0 Å². The van der Waals surface area contributed by atoms with Crippen LogP contribution in [0.15, 0.2) is 24.3 Å². The highest BCUT2D eigenvalue weighted by Crippen LogP contribution is 2.50. The van der Waals surface area contributed by atoms with Gasteiger partial charge in [0, 0.05) is 12.0 Å². The van der Waals surface area contributed by atoms with E-state index in [-0.39, 0.29) is 39.5 Å². The summed E-state index contributed by atoms with van der Waals surface area (Å²) in [5, 5.41) is 71.3. The van der Waals surface area contributed by atoms with Crippen LogP contribution in [0.1, 0.15) is 33.0 Å². The standard InChI is InChI=1S/C21H22O10/c1-30-20-10(24)3-2-8-13(21-19(29)18(28)16(26)12(6-22)31-21)9-4-7(23)5-11(25)14(9)17(27)15(8)20/h2-5,12-13,16,18-19,21-26,28-29H,6H2,1H3/t12-,13-,16-,18+,19-,21-/m1/s1. The van der Waals surface area contributed by atoms with Crippen molar-refractivity contribution in [1.29, 1.82) is 0 Å². The lowest BCUT2D eigenvalue weighted by molar-refractivity contribution is -0.232. The van der Waals surface area contributed by atoms with E-state index in [1.54, 1.807) is 0 Å². The molecule has 0 unspecified atom stereocenters. The van der Waals surface area contributed by atoms with Gasteiger partial charge < -0.3 is 45.2 Å². The molecule has 1 saturated heterocycles. The highest BCUT2D eigenvalue weighted by atomic mass is 16.5. The minimum Gasteiger partial charge on any atom is -0.508 e. The van der Waals surface area contributed by atoms with Crippen LogP contribution in [-0.2, 0) is 4.74 Å². The molecule has 2 aromatic carbocycles. The van der Waals surface area contributed by atoms with Crippen LogP contribution in [0.5, 0.6) is 23.0 Å². The van der Waals surface area contributed by atoms with E-state index < -0.39 is 54.6 Å². The lowest BCUT2D eigenvalue weighted by Gasteiger charge is -2.45. The van der Waals surface area contributed by atoms with Gasteiger partial charge in [0.1, 0.15) is 35.9 Å². The summed E-state index contributed by atoms with van der Waals surface area (Å²) < 4.78 is 10.9. The second kappa shape index (κ2) is 7.66. The highest BCUT2D eigenvalue weighted by molar-refractivity contribution is 6.16. The third-order valence-corrected chi connectivity index (χ3v) is 5.89. The van der Waals surface area contributed by atoms with Crippen molar-refractivity contribution in [2.45, 2.75) is 36.4 Å². The molecule has 166 valence electrons. The van der Waals surface area contributed by atoms with E-state index in [0.29, 0.717) is 0 Å². The summed E-state index contributed by atoms with van der Waals surface area (Å²) >= 11 is 0. The van der Waals surface area contributed by atoms with Crippen LogP contribution in [0.25, 0.3) is 0 Å². The molecule has 0 radical (unpaired) electrons. The average Bonchev–Trinajstić information content (AvgIpc) is 2.73. The van der Waals surface area contributed by atoms with Crippen LogP contribution in [-0.4, -0.2) is 85.8 Å². The van der Waals surface area contributed by atoms with Gasteiger partial charge in [0.2, 0.25) is 5.78 Å². The van der Waals surface area contributed by atoms with Crippen molar-refractivity contribution < 1.29 is 50.0 Å². The predicted octanol–water partition coefficient (Wildman–Crippen LogP) is -0.669. The Morgan fingerprint density at radius 2 is 1.65 bits per heavy atom. The zero-order valence-corrected chi connectivity index (χ0v) is 16.3. The van der Waals surface area contributed by atoms with Gasteiger partial charge in [-0.3, -0.25) is 4.79 Å². The van der Waals surface area contributed by atoms with Gasteiger partial charge in [-0.2, -0.15) is 0 Å². The van der Waals surface area contributed by atoms with Crippen molar-refractivity contribution in [3.63, 3.8) is 0 Å². The predicted molar refractivity (Wildman–Crippen MR) is 103 cm³/mol. The van der Waals surface area contributed by atoms with Crippen LogP contribution in [0.3, 0.4) is 0 Å². The molecule has 2 aromatic rings. The second-order valence-electron chi connectivity index (χ2n) is 7.61.